The van der Waals surface area contributed by atoms with Crippen LogP contribution in [0, 0.1) is 0 Å². The largest absolute Gasteiger partial charge is 0.467 e. The average molecular weight is 231 g/mol. The number of nitrogens with two attached hydrogens (primary N) is 1. The number of nitrogens with one attached hydrogen (secondary N) is 1. The molecule has 0 aliphatic carbocycles. The molecule has 3 N–H and O–H groups in total. The van der Waals surface area contributed by atoms with Crippen LogP contribution in [-0.2, 0) is 11.3 Å². The molecule has 0 aliphatic heterocycles. The molecule has 0 saturated heterocycles. The third-order valence-electron chi connectivity index (χ3n) is 1.74. The van der Waals surface area contributed by atoms with Crippen molar-refractivity contribution in [3.8, 4) is 0 Å². The van der Waals surface area contributed by atoms with Crippen LogP contribution in [0.1, 0.15) is 23.0 Å². The first-order valence-electron chi connectivity index (χ1n) is 4.29. The summed E-state index contributed by atoms with van der Waals surface area (Å²) >= 11 is 5.53. The van der Waals surface area contributed by atoms with E-state index in [1.807, 2.05) is 0 Å². The highest BCUT2D eigenvalue weighted by Gasteiger charge is 2.10. The molecule has 15 heavy (non-hydrogen) atoms. The molecule has 5 nitrogen and oxygen atoms in total. The lowest BCUT2D eigenvalue weighted by Crippen LogP contribution is -2.28. The molecule has 1 unspecified atom stereocenters. The van der Waals surface area contributed by atoms with Gasteiger partial charge in [-0.15, -0.1) is 11.6 Å². The molecule has 82 valence electrons. The number of furan rings is 1. The van der Waals surface area contributed by atoms with Crippen LogP contribution >= 0.6 is 11.6 Å². The van der Waals surface area contributed by atoms with Gasteiger partial charge in [-0.1, -0.05) is 0 Å². The van der Waals surface area contributed by atoms with Crippen molar-refractivity contribution in [3.05, 3.63) is 23.7 Å². The van der Waals surface area contributed by atoms with Crippen LogP contribution in [-0.4, -0.2) is 17.2 Å². The molecule has 0 bridgehead atoms. The van der Waals surface area contributed by atoms with E-state index in [2.05, 4.69) is 5.32 Å². The fourth-order valence-electron chi connectivity index (χ4n) is 0.917. The monoisotopic (exact) mass is 230 g/mol. The second kappa shape index (κ2) is 4.84. The molecular formula is C9H11ClN2O3. The maximum Gasteiger partial charge on any atom is 0.251 e. The maximum absolute atomic E-state index is 11.1. The van der Waals surface area contributed by atoms with E-state index in [-0.39, 0.29) is 18.0 Å². The van der Waals surface area contributed by atoms with Gasteiger partial charge in [-0.25, -0.2) is 0 Å². The van der Waals surface area contributed by atoms with Crippen LogP contribution in [0.3, 0.4) is 0 Å². The minimum absolute atomic E-state index is 0.184. The quantitative estimate of drug-likeness (QED) is 0.744. The van der Waals surface area contributed by atoms with Crippen molar-refractivity contribution in [2.45, 2.75) is 18.8 Å². The molecule has 0 saturated carbocycles. The summed E-state index contributed by atoms with van der Waals surface area (Å²) < 4.78 is 5.00. The van der Waals surface area contributed by atoms with Gasteiger partial charge in [-0.2, -0.15) is 0 Å². The molecule has 0 fully saturated rings. The summed E-state index contributed by atoms with van der Waals surface area (Å²) in [5.41, 5.74) is 5.30. The summed E-state index contributed by atoms with van der Waals surface area (Å²) in [6, 6.07) is 1.47. The summed E-state index contributed by atoms with van der Waals surface area (Å²) in [5.74, 6) is -0.412. The Morgan fingerprint density at radius 2 is 2.33 bits per heavy atom. The van der Waals surface area contributed by atoms with Crippen LogP contribution in [0.5, 0.6) is 0 Å². The molecule has 0 radical (unpaired) electrons. The van der Waals surface area contributed by atoms with E-state index in [0.717, 1.165) is 0 Å². The van der Waals surface area contributed by atoms with Crippen molar-refractivity contribution in [2.75, 3.05) is 0 Å². The SMILES string of the molecule is CC(Cl)C(=O)NCc1cc(C(N)=O)co1. The molecule has 1 aromatic heterocycles. The third-order valence-corrected chi connectivity index (χ3v) is 1.93. The van der Waals surface area contributed by atoms with Crippen LogP contribution in [0.4, 0.5) is 0 Å². The number of halogens is 1. The molecule has 6 heteroatoms. The first-order chi connectivity index (χ1) is 7.00. The van der Waals surface area contributed by atoms with Crippen LogP contribution < -0.4 is 11.1 Å². The van der Waals surface area contributed by atoms with Crippen molar-refractivity contribution >= 4 is 23.4 Å². The second-order valence-electron chi connectivity index (χ2n) is 3.00. The summed E-state index contributed by atoms with van der Waals surface area (Å²) in [7, 11) is 0. The number of alkyl halides is 1. The molecule has 1 aromatic rings. The van der Waals surface area contributed by atoms with Gasteiger partial charge in [-0.3, -0.25) is 9.59 Å². The minimum atomic E-state index is -0.601. The zero-order valence-electron chi connectivity index (χ0n) is 8.12. The highest BCUT2D eigenvalue weighted by molar-refractivity contribution is 6.30. The topological polar surface area (TPSA) is 85.3 Å². The fraction of sp³-hybridized carbons (Fsp3) is 0.333. The van der Waals surface area contributed by atoms with Crippen molar-refractivity contribution in [1.29, 1.82) is 0 Å². The van der Waals surface area contributed by atoms with E-state index in [4.69, 9.17) is 21.8 Å². The Morgan fingerprint density at radius 3 is 2.80 bits per heavy atom. The molecule has 0 spiro atoms. The van der Waals surface area contributed by atoms with Crippen LogP contribution in [0.25, 0.3) is 0 Å². The molecule has 0 aromatic carbocycles. The maximum atomic E-state index is 11.1. The van der Waals surface area contributed by atoms with Crippen molar-refractivity contribution in [1.82, 2.24) is 5.32 Å². The van der Waals surface area contributed by atoms with Gasteiger partial charge in [0.15, 0.2) is 0 Å². The number of primary amides is 1. The van der Waals surface area contributed by atoms with E-state index >= 15 is 0 Å². The molecule has 1 atom stereocenters. The number of amides is 2. The van der Waals surface area contributed by atoms with Crippen LogP contribution in [0.15, 0.2) is 16.7 Å². The number of carbonyl (C=O) groups is 2. The third kappa shape index (κ3) is 3.28. The Morgan fingerprint density at radius 1 is 1.67 bits per heavy atom. The Hall–Kier alpha value is -1.49. The van der Waals surface area contributed by atoms with E-state index in [0.29, 0.717) is 5.76 Å². The van der Waals surface area contributed by atoms with E-state index in [1.54, 1.807) is 6.92 Å². The lowest BCUT2D eigenvalue weighted by Gasteiger charge is -2.03. The number of carbonyl (C=O) groups excluding carboxylic acids is 2. The standard InChI is InChI=1S/C9H11ClN2O3/c1-5(10)9(14)12-3-7-2-6(4-15-7)8(11)13/h2,4-5H,3H2,1H3,(H2,11,13)(H,12,14). The Balaban J connectivity index is 2.51. The normalized spacial score (nSPS) is 12.1. The van der Waals surface area contributed by atoms with E-state index < -0.39 is 11.3 Å². The Bertz CT molecular complexity index is 373. The lowest BCUT2D eigenvalue weighted by atomic mass is 10.3. The zero-order chi connectivity index (χ0) is 11.4. The van der Waals surface area contributed by atoms with Crippen molar-refractivity contribution in [3.63, 3.8) is 0 Å². The predicted octanol–water partition coefficient (Wildman–Crippen LogP) is 0.622. The fourth-order valence-corrected chi connectivity index (χ4v) is 0.995. The predicted molar refractivity (Wildman–Crippen MR) is 54.4 cm³/mol. The van der Waals surface area contributed by atoms with Gasteiger partial charge < -0.3 is 15.5 Å². The number of rotatable bonds is 4. The van der Waals surface area contributed by atoms with Gasteiger partial charge in [0, 0.05) is 0 Å². The minimum Gasteiger partial charge on any atom is -0.467 e. The Kier molecular flexibility index (Phi) is 3.74. The number of hydrogen-bond donors (Lipinski definition) is 2. The summed E-state index contributed by atoms with van der Waals surface area (Å²) in [6.07, 6.45) is 1.24. The van der Waals surface area contributed by atoms with Gasteiger partial charge in [0.2, 0.25) is 5.91 Å². The smallest absolute Gasteiger partial charge is 0.251 e. The lowest BCUT2D eigenvalue weighted by molar-refractivity contribution is -0.120. The highest BCUT2D eigenvalue weighted by atomic mass is 35.5. The average Bonchev–Trinajstić information content (AvgIpc) is 2.62. The van der Waals surface area contributed by atoms with E-state index in [1.165, 1.54) is 12.3 Å². The summed E-state index contributed by atoms with van der Waals surface area (Å²) in [4.78, 5) is 21.8. The second-order valence-corrected chi connectivity index (χ2v) is 3.65. The van der Waals surface area contributed by atoms with Gasteiger partial charge in [0.05, 0.1) is 12.1 Å². The van der Waals surface area contributed by atoms with Crippen molar-refractivity contribution in [2.24, 2.45) is 5.73 Å². The van der Waals surface area contributed by atoms with Crippen LogP contribution in [0.2, 0.25) is 0 Å². The number of hydrogen-bond acceptors (Lipinski definition) is 3. The molecule has 1 rings (SSSR count). The van der Waals surface area contributed by atoms with Gasteiger partial charge >= 0.3 is 0 Å². The molecular weight excluding hydrogens is 220 g/mol. The van der Waals surface area contributed by atoms with Gasteiger partial charge in [0.25, 0.3) is 5.91 Å². The summed E-state index contributed by atoms with van der Waals surface area (Å²) in [6.45, 7) is 1.75. The highest BCUT2D eigenvalue weighted by Crippen LogP contribution is 2.06. The van der Waals surface area contributed by atoms with Gasteiger partial charge in [0.1, 0.15) is 17.4 Å². The first-order valence-corrected chi connectivity index (χ1v) is 4.73. The Labute approximate surface area is 91.6 Å². The van der Waals surface area contributed by atoms with Gasteiger partial charge in [-0.05, 0) is 13.0 Å². The first kappa shape index (κ1) is 11.6. The van der Waals surface area contributed by atoms with E-state index in [9.17, 15) is 9.59 Å². The molecule has 1 heterocycles. The summed E-state index contributed by atoms with van der Waals surface area (Å²) in [5, 5.41) is 1.93. The molecule has 0 aliphatic rings. The zero-order valence-corrected chi connectivity index (χ0v) is 8.88. The van der Waals surface area contributed by atoms with Crippen molar-refractivity contribution < 1.29 is 14.0 Å². The molecule has 2 amide bonds.